The van der Waals surface area contributed by atoms with Crippen molar-refractivity contribution in [1.29, 1.82) is 0 Å². The molecule has 4 nitrogen and oxygen atoms in total. The monoisotopic (exact) mass is 337 g/mol. The van der Waals surface area contributed by atoms with Gasteiger partial charge in [0.05, 0.1) is 5.56 Å². The summed E-state index contributed by atoms with van der Waals surface area (Å²) in [5, 5.41) is 9.48. The largest absolute Gasteiger partial charge is 0.478 e. The maximum atomic E-state index is 13.2. The van der Waals surface area contributed by atoms with Crippen molar-refractivity contribution in [3.05, 3.63) is 59.7 Å². The molecule has 130 valence electrons. The zero-order valence-electron chi connectivity index (χ0n) is 14.4. The first-order valence-corrected chi connectivity index (χ1v) is 8.79. The maximum Gasteiger partial charge on any atom is 0.336 e. The Balaban J connectivity index is 2.02. The lowest BCUT2D eigenvalue weighted by molar-refractivity contribution is 0.0695. The third kappa shape index (κ3) is 3.73. The van der Waals surface area contributed by atoms with Crippen molar-refractivity contribution >= 4 is 11.9 Å². The number of carbonyl (C=O) groups is 2. The molecule has 1 amide bonds. The van der Waals surface area contributed by atoms with Gasteiger partial charge in [-0.25, -0.2) is 4.79 Å². The first kappa shape index (κ1) is 17.2. The van der Waals surface area contributed by atoms with Crippen molar-refractivity contribution in [2.45, 2.75) is 26.2 Å². The number of benzene rings is 2. The SMILES string of the molecule is CC1CCCCN(C(=O)c2ccccc2-c2ccccc2C(=O)O)C1. The Morgan fingerprint density at radius 1 is 0.960 bits per heavy atom. The zero-order chi connectivity index (χ0) is 17.8. The highest BCUT2D eigenvalue weighted by Crippen LogP contribution is 2.29. The number of carboxylic acids is 1. The molecule has 0 aliphatic carbocycles. The van der Waals surface area contributed by atoms with E-state index in [1.165, 1.54) is 0 Å². The van der Waals surface area contributed by atoms with Crippen LogP contribution < -0.4 is 0 Å². The molecule has 1 fully saturated rings. The minimum Gasteiger partial charge on any atom is -0.478 e. The summed E-state index contributed by atoms with van der Waals surface area (Å²) in [7, 11) is 0. The summed E-state index contributed by atoms with van der Waals surface area (Å²) in [6, 6.07) is 14.2. The Bertz CT molecular complexity index is 784. The highest BCUT2D eigenvalue weighted by molar-refractivity contribution is 6.04. The van der Waals surface area contributed by atoms with Crippen LogP contribution in [0.15, 0.2) is 48.5 Å². The Hall–Kier alpha value is -2.62. The molecule has 1 heterocycles. The third-order valence-corrected chi connectivity index (χ3v) is 4.80. The molecular weight excluding hydrogens is 314 g/mol. The van der Waals surface area contributed by atoms with Crippen molar-refractivity contribution in [3.63, 3.8) is 0 Å². The van der Waals surface area contributed by atoms with E-state index in [1.54, 1.807) is 30.3 Å². The van der Waals surface area contributed by atoms with E-state index >= 15 is 0 Å². The van der Waals surface area contributed by atoms with E-state index in [2.05, 4.69) is 6.92 Å². The molecule has 0 radical (unpaired) electrons. The summed E-state index contributed by atoms with van der Waals surface area (Å²) in [4.78, 5) is 26.6. The molecule has 0 spiro atoms. The average molecular weight is 337 g/mol. The van der Waals surface area contributed by atoms with Gasteiger partial charge in [-0.05, 0) is 42.0 Å². The third-order valence-electron chi connectivity index (χ3n) is 4.80. The second-order valence-corrected chi connectivity index (χ2v) is 6.75. The Kier molecular flexibility index (Phi) is 5.17. The van der Waals surface area contributed by atoms with Gasteiger partial charge in [0.15, 0.2) is 0 Å². The lowest BCUT2D eigenvalue weighted by atomic mass is 9.94. The highest BCUT2D eigenvalue weighted by atomic mass is 16.4. The number of likely N-dealkylation sites (tertiary alicyclic amines) is 1. The average Bonchev–Trinajstić information content (AvgIpc) is 2.85. The van der Waals surface area contributed by atoms with Crippen LogP contribution in [-0.4, -0.2) is 35.0 Å². The van der Waals surface area contributed by atoms with Crippen molar-refractivity contribution in [1.82, 2.24) is 4.90 Å². The van der Waals surface area contributed by atoms with Gasteiger partial charge in [-0.1, -0.05) is 49.7 Å². The molecule has 1 saturated heterocycles. The van der Waals surface area contributed by atoms with Gasteiger partial charge in [0.25, 0.3) is 5.91 Å². The van der Waals surface area contributed by atoms with Crippen LogP contribution in [0, 0.1) is 5.92 Å². The summed E-state index contributed by atoms with van der Waals surface area (Å²) in [5.74, 6) is -0.504. The van der Waals surface area contributed by atoms with Gasteiger partial charge >= 0.3 is 5.97 Å². The molecule has 2 aromatic rings. The number of hydrogen-bond acceptors (Lipinski definition) is 2. The van der Waals surface area contributed by atoms with E-state index in [-0.39, 0.29) is 11.5 Å². The summed E-state index contributed by atoms with van der Waals surface area (Å²) < 4.78 is 0. The van der Waals surface area contributed by atoms with E-state index in [0.717, 1.165) is 32.4 Å². The van der Waals surface area contributed by atoms with Gasteiger partial charge in [-0.15, -0.1) is 0 Å². The second-order valence-electron chi connectivity index (χ2n) is 6.75. The normalized spacial score (nSPS) is 17.8. The lowest BCUT2D eigenvalue weighted by Gasteiger charge is -2.24. The van der Waals surface area contributed by atoms with E-state index in [4.69, 9.17) is 0 Å². The fraction of sp³-hybridized carbons (Fsp3) is 0.333. The van der Waals surface area contributed by atoms with Gasteiger partial charge in [0.2, 0.25) is 0 Å². The molecule has 25 heavy (non-hydrogen) atoms. The summed E-state index contributed by atoms with van der Waals surface area (Å²) in [6.45, 7) is 3.70. The molecule has 0 bridgehead atoms. The van der Waals surface area contributed by atoms with Gasteiger partial charge in [-0.3, -0.25) is 4.79 Å². The number of carboxylic acid groups (broad SMARTS) is 1. The molecule has 1 aliphatic heterocycles. The van der Waals surface area contributed by atoms with E-state index < -0.39 is 5.97 Å². The summed E-state index contributed by atoms with van der Waals surface area (Å²) in [6.07, 6.45) is 3.31. The van der Waals surface area contributed by atoms with Gasteiger partial charge in [0, 0.05) is 18.7 Å². The van der Waals surface area contributed by atoms with Crippen LogP contribution in [0.3, 0.4) is 0 Å². The number of amides is 1. The summed E-state index contributed by atoms with van der Waals surface area (Å²) in [5.41, 5.74) is 2.06. The van der Waals surface area contributed by atoms with Crippen LogP contribution in [0.4, 0.5) is 0 Å². The lowest BCUT2D eigenvalue weighted by Crippen LogP contribution is -2.34. The maximum absolute atomic E-state index is 13.2. The molecule has 1 unspecified atom stereocenters. The van der Waals surface area contributed by atoms with Crippen LogP contribution in [-0.2, 0) is 0 Å². The topological polar surface area (TPSA) is 57.6 Å². The van der Waals surface area contributed by atoms with Crippen LogP contribution in [0.25, 0.3) is 11.1 Å². The molecule has 0 saturated carbocycles. The number of hydrogen-bond donors (Lipinski definition) is 1. The Morgan fingerprint density at radius 3 is 2.24 bits per heavy atom. The zero-order valence-corrected chi connectivity index (χ0v) is 14.4. The fourth-order valence-electron chi connectivity index (χ4n) is 3.52. The van der Waals surface area contributed by atoms with Crippen LogP contribution in [0.5, 0.6) is 0 Å². The molecule has 3 rings (SSSR count). The second kappa shape index (κ2) is 7.51. The van der Waals surface area contributed by atoms with Gasteiger partial charge in [0.1, 0.15) is 0 Å². The summed E-state index contributed by atoms with van der Waals surface area (Å²) >= 11 is 0. The Morgan fingerprint density at radius 2 is 1.56 bits per heavy atom. The molecule has 1 atom stereocenters. The number of rotatable bonds is 3. The number of nitrogens with zero attached hydrogens (tertiary/aromatic N) is 1. The molecule has 1 N–H and O–H groups in total. The standard InChI is InChI=1S/C21H23NO3/c1-15-8-6-7-13-22(14-15)20(23)18-11-4-2-9-16(18)17-10-3-5-12-19(17)21(24)25/h2-5,9-12,15H,6-8,13-14H2,1H3,(H,24,25). The van der Waals surface area contributed by atoms with Crippen LogP contribution in [0.1, 0.15) is 46.9 Å². The van der Waals surface area contributed by atoms with Crippen molar-refractivity contribution in [3.8, 4) is 11.1 Å². The predicted molar refractivity (Wildman–Crippen MR) is 97.8 cm³/mol. The quantitative estimate of drug-likeness (QED) is 0.908. The molecule has 2 aromatic carbocycles. The van der Waals surface area contributed by atoms with Crippen LogP contribution >= 0.6 is 0 Å². The van der Waals surface area contributed by atoms with Crippen molar-refractivity contribution in [2.75, 3.05) is 13.1 Å². The van der Waals surface area contributed by atoms with Gasteiger partial charge in [-0.2, -0.15) is 0 Å². The van der Waals surface area contributed by atoms with E-state index in [1.807, 2.05) is 23.1 Å². The fourth-order valence-corrected chi connectivity index (χ4v) is 3.52. The van der Waals surface area contributed by atoms with Crippen molar-refractivity contribution < 1.29 is 14.7 Å². The number of aromatic carboxylic acids is 1. The smallest absolute Gasteiger partial charge is 0.336 e. The molecule has 1 aliphatic rings. The van der Waals surface area contributed by atoms with E-state index in [0.29, 0.717) is 22.6 Å². The van der Waals surface area contributed by atoms with E-state index in [9.17, 15) is 14.7 Å². The minimum atomic E-state index is -0.985. The Labute approximate surface area is 148 Å². The molecular formula is C21H23NO3. The van der Waals surface area contributed by atoms with Gasteiger partial charge < -0.3 is 10.0 Å². The van der Waals surface area contributed by atoms with Crippen LogP contribution in [0.2, 0.25) is 0 Å². The van der Waals surface area contributed by atoms with Crippen molar-refractivity contribution in [2.24, 2.45) is 5.92 Å². The molecule has 0 aromatic heterocycles. The first-order valence-electron chi connectivity index (χ1n) is 8.79. The highest BCUT2D eigenvalue weighted by Gasteiger charge is 2.24. The number of carbonyl (C=O) groups excluding carboxylic acids is 1. The minimum absolute atomic E-state index is 0.00968. The molecule has 4 heteroatoms. The predicted octanol–water partition coefficient (Wildman–Crippen LogP) is 4.31. The first-order chi connectivity index (χ1) is 12.1.